The molecule has 4 aromatic rings. The second kappa shape index (κ2) is 13.4. The van der Waals surface area contributed by atoms with Crippen LogP contribution in [0.25, 0.3) is 0 Å². The van der Waals surface area contributed by atoms with E-state index in [2.05, 4.69) is 20.5 Å². The molecule has 0 aliphatic heterocycles. The van der Waals surface area contributed by atoms with Crippen molar-refractivity contribution in [2.24, 2.45) is 5.92 Å². The van der Waals surface area contributed by atoms with Gasteiger partial charge in [-0.2, -0.15) is 0 Å². The number of rotatable bonds is 11. The molecule has 202 valence electrons. The number of aromatic nitrogens is 1. The molecule has 0 fully saturated rings. The molecule has 0 unspecified atom stereocenters. The van der Waals surface area contributed by atoms with Crippen molar-refractivity contribution < 1.29 is 14.0 Å². The van der Waals surface area contributed by atoms with Crippen molar-refractivity contribution in [2.45, 2.75) is 33.5 Å². The van der Waals surface area contributed by atoms with Crippen molar-refractivity contribution in [3.63, 3.8) is 0 Å². The summed E-state index contributed by atoms with van der Waals surface area (Å²) in [5, 5.41) is 0. The first-order valence-corrected chi connectivity index (χ1v) is 13.8. The van der Waals surface area contributed by atoms with Crippen LogP contribution in [0.1, 0.15) is 41.0 Å². The summed E-state index contributed by atoms with van der Waals surface area (Å²) in [4.78, 5) is 30.7. The molecular weight excluding hydrogens is 557 g/mol. The molecule has 0 aliphatic carbocycles. The van der Waals surface area contributed by atoms with Gasteiger partial charge in [-0.25, -0.2) is 4.39 Å². The number of carbonyl (C=O) groups is 2. The van der Waals surface area contributed by atoms with E-state index in [1.807, 2.05) is 74.6 Å². The van der Waals surface area contributed by atoms with Crippen molar-refractivity contribution in [1.29, 1.82) is 0 Å². The average molecular weight is 591 g/mol. The van der Waals surface area contributed by atoms with Gasteiger partial charge in [0.15, 0.2) is 0 Å². The van der Waals surface area contributed by atoms with Gasteiger partial charge < -0.3 is 14.4 Å². The second-order valence-electron chi connectivity index (χ2n) is 10.1. The quantitative estimate of drug-likeness (QED) is 0.194. The zero-order valence-electron chi connectivity index (χ0n) is 22.3. The van der Waals surface area contributed by atoms with Crippen LogP contribution in [0.15, 0.2) is 102 Å². The van der Waals surface area contributed by atoms with Gasteiger partial charge in [0.1, 0.15) is 12.4 Å². The van der Waals surface area contributed by atoms with Gasteiger partial charge in [0.05, 0.1) is 6.54 Å². The first-order chi connectivity index (χ1) is 18.8. The van der Waals surface area contributed by atoms with Gasteiger partial charge >= 0.3 is 0 Å². The van der Waals surface area contributed by atoms with Crippen LogP contribution in [0, 0.1) is 11.7 Å². The minimum Gasteiger partial charge on any atom is -0.345 e. The minimum absolute atomic E-state index is 0.0153. The van der Waals surface area contributed by atoms with Gasteiger partial charge in [0.25, 0.3) is 5.91 Å². The Balaban J connectivity index is 1.56. The lowest BCUT2D eigenvalue weighted by Crippen LogP contribution is -2.44. The standard InChI is InChI=1S/C32H33BrFN3O2/c1-24(2)19-37(32(39)27-12-14-28(33)15-13-27)23-31(38)36(21-25-7-4-3-5-8-25)22-30-9-6-18-35(30)20-26-10-16-29(34)17-11-26/h3-18,24H,19-23H2,1-2H3. The van der Waals surface area contributed by atoms with Crippen molar-refractivity contribution in [3.8, 4) is 0 Å². The molecular formula is C32H33BrFN3O2. The Morgan fingerprint density at radius 2 is 1.51 bits per heavy atom. The van der Waals surface area contributed by atoms with Crippen LogP contribution in [0.2, 0.25) is 0 Å². The van der Waals surface area contributed by atoms with E-state index in [1.54, 1.807) is 34.1 Å². The molecule has 7 heteroatoms. The van der Waals surface area contributed by atoms with E-state index in [1.165, 1.54) is 12.1 Å². The lowest BCUT2D eigenvalue weighted by atomic mass is 10.1. The zero-order valence-corrected chi connectivity index (χ0v) is 23.9. The fourth-order valence-electron chi connectivity index (χ4n) is 4.46. The molecule has 0 spiro atoms. The largest absolute Gasteiger partial charge is 0.345 e. The van der Waals surface area contributed by atoms with E-state index in [0.717, 1.165) is 21.3 Å². The molecule has 5 nitrogen and oxygen atoms in total. The third-order valence-corrected chi connectivity index (χ3v) is 6.93. The SMILES string of the molecule is CC(C)CN(CC(=O)N(Cc1ccccc1)Cc1cccn1Cc1ccc(F)cc1)C(=O)c1ccc(Br)cc1. The fraction of sp³-hybridized carbons (Fsp3) is 0.250. The van der Waals surface area contributed by atoms with Gasteiger partial charge in [0, 0.05) is 41.6 Å². The smallest absolute Gasteiger partial charge is 0.254 e. The molecule has 0 saturated heterocycles. The topological polar surface area (TPSA) is 45.6 Å². The Bertz CT molecular complexity index is 1370. The first kappa shape index (κ1) is 28.3. The number of hydrogen-bond acceptors (Lipinski definition) is 2. The van der Waals surface area contributed by atoms with Crippen molar-refractivity contribution in [3.05, 3.63) is 130 Å². The third-order valence-electron chi connectivity index (χ3n) is 6.40. The Morgan fingerprint density at radius 1 is 0.821 bits per heavy atom. The van der Waals surface area contributed by atoms with Crippen LogP contribution < -0.4 is 0 Å². The molecule has 39 heavy (non-hydrogen) atoms. The van der Waals surface area contributed by atoms with Crippen LogP contribution in [0.4, 0.5) is 4.39 Å². The number of amides is 2. The monoisotopic (exact) mass is 589 g/mol. The van der Waals surface area contributed by atoms with Crippen molar-refractivity contribution in [1.82, 2.24) is 14.4 Å². The van der Waals surface area contributed by atoms with Crippen molar-refractivity contribution >= 4 is 27.7 Å². The molecule has 0 N–H and O–H groups in total. The highest BCUT2D eigenvalue weighted by atomic mass is 79.9. The average Bonchev–Trinajstić information content (AvgIpc) is 3.36. The fourth-order valence-corrected chi connectivity index (χ4v) is 4.73. The van der Waals surface area contributed by atoms with Gasteiger partial charge in [-0.05, 0) is 65.6 Å². The Morgan fingerprint density at radius 3 is 2.18 bits per heavy atom. The van der Waals surface area contributed by atoms with E-state index in [4.69, 9.17) is 0 Å². The Labute approximate surface area is 238 Å². The predicted octanol–water partition coefficient (Wildman–Crippen LogP) is 6.77. The third kappa shape index (κ3) is 8.14. The number of benzene rings is 3. The van der Waals surface area contributed by atoms with Crippen LogP contribution in [-0.4, -0.2) is 39.3 Å². The molecule has 0 radical (unpaired) electrons. The molecule has 2 amide bonds. The zero-order chi connectivity index (χ0) is 27.8. The number of hydrogen-bond donors (Lipinski definition) is 0. The first-order valence-electron chi connectivity index (χ1n) is 13.0. The second-order valence-corrected chi connectivity index (χ2v) is 11.0. The normalized spacial score (nSPS) is 11.0. The van der Waals surface area contributed by atoms with E-state index < -0.39 is 0 Å². The molecule has 1 aromatic heterocycles. The maximum atomic E-state index is 13.8. The summed E-state index contributed by atoms with van der Waals surface area (Å²) in [5.74, 6) is -0.356. The summed E-state index contributed by atoms with van der Waals surface area (Å²) in [6.45, 7) is 5.90. The van der Waals surface area contributed by atoms with Gasteiger partial charge in [-0.15, -0.1) is 0 Å². The summed E-state index contributed by atoms with van der Waals surface area (Å²) in [7, 11) is 0. The number of halogens is 2. The molecule has 4 rings (SSSR count). The lowest BCUT2D eigenvalue weighted by Gasteiger charge is -2.29. The van der Waals surface area contributed by atoms with Crippen LogP contribution in [0.3, 0.4) is 0 Å². The molecule has 0 atom stereocenters. The van der Waals surface area contributed by atoms with E-state index in [0.29, 0.717) is 31.7 Å². The van der Waals surface area contributed by atoms with E-state index in [-0.39, 0.29) is 30.1 Å². The highest BCUT2D eigenvalue weighted by molar-refractivity contribution is 9.10. The summed E-state index contributed by atoms with van der Waals surface area (Å²) in [6.07, 6.45) is 1.96. The lowest BCUT2D eigenvalue weighted by molar-refractivity contribution is -0.133. The summed E-state index contributed by atoms with van der Waals surface area (Å²) in [6, 6.07) is 27.5. The highest BCUT2D eigenvalue weighted by Crippen LogP contribution is 2.17. The van der Waals surface area contributed by atoms with E-state index in [9.17, 15) is 14.0 Å². The summed E-state index contributed by atoms with van der Waals surface area (Å²) in [5.41, 5.74) is 3.49. The number of carbonyl (C=O) groups excluding carboxylic acids is 2. The maximum absolute atomic E-state index is 13.8. The molecule has 0 aliphatic rings. The van der Waals surface area contributed by atoms with Crippen LogP contribution in [0.5, 0.6) is 0 Å². The van der Waals surface area contributed by atoms with Gasteiger partial charge in [-0.1, -0.05) is 72.2 Å². The minimum atomic E-state index is -0.269. The molecule has 0 saturated carbocycles. The summed E-state index contributed by atoms with van der Waals surface area (Å²) < 4.78 is 16.4. The molecule has 0 bridgehead atoms. The highest BCUT2D eigenvalue weighted by Gasteiger charge is 2.24. The van der Waals surface area contributed by atoms with E-state index >= 15 is 0 Å². The summed E-state index contributed by atoms with van der Waals surface area (Å²) >= 11 is 3.42. The predicted molar refractivity (Wildman–Crippen MR) is 156 cm³/mol. The van der Waals surface area contributed by atoms with Gasteiger partial charge in [0.2, 0.25) is 5.91 Å². The van der Waals surface area contributed by atoms with Gasteiger partial charge in [-0.3, -0.25) is 9.59 Å². The molecule has 3 aromatic carbocycles. The van der Waals surface area contributed by atoms with Crippen LogP contribution >= 0.6 is 15.9 Å². The molecule has 1 heterocycles. The Hall–Kier alpha value is -3.71. The number of nitrogens with zero attached hydrogens (tertiary/aromatic N) is 3. The van der Waals surface area contributed by atoms with Crippen LogP contribution in [-0.2, 0) is 24.4 Å². The Kier molecular flexibility index (Phi) is 9.71. The maximum Gasteiger partial charge on any atom is 0.254 e. The van der Waals surface area contributed by atoms with Crippen molar-refractivity contribution in [2.75, 3.05) is 13.1 Å².